The maximum absolute atomic E-state index is 12.9. The molecule has 2 aromatic carbocycles. The molecule has 0 amide bonds. The molecular weight excluding hydrogens is 316 g/mol. The summed E-state index contributed by atoms with van der Waals surface area (Å²) in [5.74, 6) is -1.08. The van der Waals surface area contributed by atoms with Crippen molar-refractivity contribution in [3.8, 4) is 0 Å². The Balaban J connectivity index is 1.99. The van der Waals surface area contributed by atoms with E-state index in [1.807, 2.05) is 37.3 Å². The first-order chi connectivity index (χ1) is 12.1. The van der Waals surface area contributed by atoms with E-state index in [1.165, 1.54) is 0 Å². The van der Waals surface area contributed by atoms with Crippen LogP contribution in [0.25, 0.3) is 0 Å². The molecule has 1 aliphatic heterocycles. The highest BCUT2D eigenvalue weighted by atomic mass is 16.5. The quantitative estimate of drug-likeness (QED) is 0.673. The number of Topliss-reactive ketones (excluding diaryl/α,β-unsaturated/α-hetero) is 1. The molecular formula is C20H20N2O3. The van der Waals surface area contributed by atoms with Gasteiger partial charge >= 0.3 is 5.97 Å². The molecule has 0 aliphatic carbocycles. The molecule has 5 heteroatoms. The average molecular weight is 336 g/mol. The van der Waals surface area contributed by atoms with E-state index < -0.39 is 17.9 Å². The Bertz CT molecular complexity index is 815. The number of benzene rings is 2. The average Bonchev–Trinajstić information content (AvgIpc) is 3.07. The maximum Gasteiger partial charge on any atom is 0.331 e. The molecule has 2 unspecified atom stereocenters. The van der Waals surface area contributed by atoms with Gasteiger partial charge in [-0.25, -0.2) is 4.79 Å². The molecule has 1 heterocycles. The molecule has 0 radical (unpaired) electrons. The Morgan fingerprint density at radius 1 is 1.12 bits per heavy atom. The van der Waals surface area contributed by atoms with Gasteiger partial charge in [0.1, 0.15) is 5.71 Å². The lowest BCUT2D eigenvalue weighted by molar-refractivity contribution is -0.145. The number of nitrogens with zero attached hydrogens (tertiary/aromatic N) is 1. The highest BCUT2D eigenvalue weighted by Gasteiger charge is 2.42. The first kappa shape index (κ1) is 16.9. The monoisotopic (exact) mass is 336 g/mol. The molecule has 0 aromatic heterocycles. The Hall–Kier alpha value is -2.95. The molecule has 5 nitrogen and oxygen atoms in total. The Labute approximate surface area is 146 Å². The standard InChI is InChI=1S/C20H20N2O3/c1-3-25-20(24)18-16(15-11-7-8-13(2)12-15)17(21-22-18)19(23)14-9-5-4-6-10-14/h4-12,16,18,22H,3H2,1-2H3. The topological polar surface area (TPSA) is 67.8 Å². The van der Waals surface area contributed by atoms with Crippen LogP contribution in [-0.4, -0.2) is 30.1 Å². The summed E-state index contributed by atoms with van der Waals surface area (Å²) in [5, 5.41) is 4.20. The van der Waals surface area contributed by atoms with Crippen molar-refractivity contribution in [2.75, 3.05) is 6.61 Å². The van der Waals surface area contributed by atoms with Crippen molar-refractivity contribution in [2.45, 2.75) is 25.8 Å². The first-order valence-corrected chi connectivity index (χ1v) is 8.28. The van der Waals surface area contributed by atoms with Crippen LogP contribution < -0.4 is 5.43 Å². The van der Waals surface area contributed by atoms with Crippen molar-refractivity contribution in [3.05, 3.63) is 71.3 Å². The van der Waals surface area contributed by atoms with Crippen molar-refractivity contribution >= 4 is 17.5 Å². The smallest absolute Gasteiger partial charge is 0.331 e. The van der Waals surface area contributed by atoms with Crippen molar-refractivity contribution in [2.24, 2.45) is 5.10 Å². The van der Waals surface area contributed by atoms with Gasteiger partial charge in [-0.1, -0.05) is 60.2 Å². The first-order valence-electron chi connectivity index (χ1n) is 8.28. The second-order valence-electron chi connectivity index (χ2n) is 5.94. The number of carbonyl (C=O) groups excluding carboxylic acids is 2. The third-order valence-corrected chi connectivity index (χ3v) is 4.16. The molecule has 3 rings (SSSR count). The van der Waals surface area contributed by atoms with Gasteiger partial charge in [-0.05, 0) is 19.4 Å². The summed E-state index contributed by atoms with van der Waals surface area (Å²) in [6.07, 6.45) is 0. The van der Waals surface area contributed by atoms with Gasteiger partial charge in [-0.2, -0.15) is 5.10 Å². The summed E-state index contributed by atoms with van der Waals surface area (Å²) >= 11 is 0. The number of ketones is 1. The van der Waals surface area contributed by atoms with E-state index in [0.29, 0.717) is 11.3 Å². The fourth-order valence-electron chi connectivity index (χ4n) is 3.01. The van der Waals surface area contributed by atoms with E-state index in [9.17, 15) is 9.59 Å². The molecule has 0 spiro atoms. The molecule has 0 saturated heterocycles. The predicted molar refractivity (Wildman–Crippen MR) is 95.7 cm³/mol. The fourth-order valence-corrected chi connectivity index (χ4v) is 3.01. The zero-order valence-corrected chi connectivity index (χ0v) is 14.2. The number of hydrazone groups is 1. The molecule has 128 valence electrons. The van der Waals surface area contributed by atoms with Crippen LogP contribution >= 0.6 is 0 Å². The molecule has 0 fully saturated rings. The Morgan fingerprint density at radius 2 is 1.88 bits per heavy atom. The minimum Gasteiger partial charge on any atom is -0.464 e. The van der Waals surface area contributed by atoms with E-state index >= 15 is 0 Å². The van der Waals surface area contributed by atoms with Gasteiger partial charge < -0.3 is 4.74 Å². The summed E-state index contributed by atoms with van der Waals surface area (Å²) in [7, 11) is 0. The fraction of sp³-hybridized carbons (Fsp3) is 0.250. The van der Waals surface area contributed by atoms with Crippen LogP contribution in [-0.2, 0) is 9.53 Å². The number of nitrogens with one attached hydrogen (secondary N) is 1. The number of ether oxygens (including phenoxy) is 1. The van der Waals surface area contributed by atoms with Crippen LogP contribution in [0.4, 0.5) is 0 Å². The largest absolute Gasteiger partial charge is 0.464 e. The lowest BCUT2D eigenvalue weighted by atomic mass is 9.84. The zero-order valence-electron chi connectivity index (χ0n) is 14.2. The predicted octanol–water partition coefficient (Wildman–Crippen LogP) is 2.85. The van der Waals surface area contributed by atoms with Crippen molar-refractivity contribution < 1.29 is 14.3 Å². The summed E-state index contributed by atoms with van der Waals surface area (Å²) in [6, 6.07) is 16.0. The van der Waals surface area contributed by atoms with Crippen LogP contribution in [0.2, 0.25) is 0 Å². The molecule has 0 saturated carbocycles. The molecule has 2 atom stereocenters. The number of hydrogen-bond acceptors (Lipinski definition) is 5. The van der Waals surface area contributed by atoms with Gasteiger partial charge in [0.2, 0.25) is 5.78 Å². The lowest BCUT2D eigenvalue weighted by Crippen LogP contribution is -2.38. The minimum atomic E-state index is -0.704. The summed E-state index contributed by atoms with van der Waals surface area (Å²) in [4.78, 5) is 25.3. The SMILES string of the molecule is CCOC(=O)C1NN=C(C(=O)c2ccccc2)C1c1cccc(C)c1. The third-order valence-electron chi connectivity index (χ3n) is 4.16. The van der Waals surface area contributed by atoms with Crippen LogP contribution in [0.15, 0.2) is 59.7 Å². The van der Waals surface area contributed by atoms with Gasteiger partial charge in [-0.3, -0.25) is 10.2 Å². The second-order valence-corrected chi connectivity index (χ2v) is 5.94. The van der Waals surface area contributed by atoms with E-state index in [0.717, 1.165) is 11.1 Å². The van der Waals surface area contributed by atoms with Crippen LogP contribution in [0, 0.1) is 6.92 Å². The Morgan fingerprint density at radius 3 is 2.56 bits per heavy atom. The normalized spacial score (nSPS) is 19.0. The number of hydrogen-bond donors (Lipinski definition) is 1. The molecule has 2 aromatic rings. The molecule has 25 heavy (non-hydrogen) atoms. The summed E-state index contributed by atoms with van der Waals surface area (Å²) in [5.41, 5.74) is 5.60. The van der Waals surface area contributed by atoms with Gasteiger partial charge in [0.15, 0.2) is 6.04 Å². The number of rotatable bonds is 5. The maximum atomic E-state index is 12.9. The van der Waals surface area contributed by atoms with Gasteiger partial charge in [0, 0.05) is 5.56 Å². The molecule has 0 bridgehead atoms. The van der Waals surface area contributed by atoms with Crippen LogP contribution in [0.3, 0.4) is 0 Å². The summed E-state index contributed by atoms with van der Waals surface area (Å²) < 4.78 is 5.16. The van der Waals surface area contributed by atoms with Crippen molar-refractivity contribution in [1.29, 1.82) is 0 Å². The van der Waals surface area contributed by atoms with E-state index in [-0.39, 0.29) is 12.4 Å². The number of aryl methyl sites for hydroxylation is 1. The lowest BCUT2D eigenvalue weighted by Gasteiger charge is -2.19. The van der Waals surface area contributed by atoms with Crippen LogP contribution in [0.5, 0.6) is 0 Å². The van der Waals surface area contributed by atoms with E-state index in [1.54, 1.807) is 31.2 Å². The van der Waals surface area contributed by atoms with Gasteiger partial charge in [0.25, 0.3) is 0 Å². The number of carbonyl (C=O) groups is 2. The molecule has 1 aliphatic rings. The summed E-state index contributed by atoms with van der Waals surface area (Å²) in [6.45, 7) is 4.01. The number of esters is 1. The van der Waals surface area contributed by atoms with Crippen LogP contribution in [0.1, 0.15) is 34.3 Å². The minimum absolute atomic E-state index is 0.189. The van der Waals surface area contributed by atoms with Crippen molar-refractivity contribution in [3.63, 3.8) is 0 Å². The molecule has 1 N–H and O–H groups in total. The third kappa shape index (κ3) is 3.45. The van der Waals surface area contributed by atoms with E-state index in [4.69, 9.17) is 4.74 Å². The second kappa shape index (κ2) is 7.30. The Kier molecular flexibility index (Phi) is 4.93. The highest BCUT2D eigenvalue weighted by molar-refractivity contribution is 6.48. The van der Waals surface area contributed by atoms with Gasteiger partial charge in [-0.15, -0.1) is 0 Å². The van der Waals surface area contributed by atoms with E-state index in [2.05, 4.69) is 10.5 Å². The highest BCUT2D eigenvalue weighted by Crippen LogP contribution is 2.29. The van der Waals surface area contributed by atoms with Crippen molar-refractivity contribution in [1.82, 2.24) is 5.43 Å². The zero-order chi connectivity index (χ0) is 17.8. The van der Waals surface area contributed by atoms with Gasteiger partial charge in [0.05, 0.1) is 12.5 Å².